The molecule has 2 atom stereocenters. The molecular weight excluding hydrogens is 266 g/mol. The molecule has 0 saturated carbocycles. The molecule has 1 amide bonds. The van der Waals surface area contributed by atoms with Crippen LogP contribution in [0.4, 0.5) is 0 Å². The van der Waals surface area contributed by atoms with Crippen molar-refractivity contribution in [2.45, 2.75) is 19.1 Å². The van der Waals surface area contributed by atoms with E-state index in [1.165, 1.54) is 13.0 Å². The third-order valence-corrected chi connectivity index (χ3v) is 2.85. The fourth-order valence-electron chi connectivity index (χ4n) is 1.86. The smallest absolute Gasteiger partial charge is 0.328 e. The van der Waals surface area contributed by atoms with Crippen LogP contribution in [0.3, 0.4) is 0 Å². The second kappa shape index (κ2) is 5.79. The standard InChI is InChI=1S/C13H15NO6/c1-7(15)10(13(17)18)14-12(16)8-3-2-4-9-11(8)20-6-5-19-9/h2-4,7,10,15H,5-6H2,1H3,(H,14,16)(H,17,18). The summed E-state index contributed by atoms with van der Waals surface area (Å²) in [5, 5.41) is 20.6. The molecule has 0 aliphatic carbocycles. The van der Waals surface area contributed by atoms with Crippen LogP contribution < -0.4 is 14.8 Å². The van der Waals surface area contributed by atoms with E-state index in [1.54, 1.807) is 12.1 Å². The van der Waals surface area contributed by atoms with E-state index in [9.17, 15) is 14.7 Å². The van der Waals surface area contributed by atoms with Gasteiger partial charge >= 0.3 is 5.97 Å². The van der Waals surface area contributed by atoms with Crippen molar-refractivity contribution < 1.29 is 29.3 Å². The molecule has 3 N–H and O–H groups in total. The number of rotatable bonds is 4. The van der Waals surface area contributed by atoms with E-state index in [1.807, 2.05) is 0 Å². The fourth-order valence-corrected chi connectivity index (χ4v) is 1.86. The van der Waals surface area contributed by atoms with E-state index < -0.39 is 24.0 Å². The Kier molecular flexibility index (Phi) is 4.09. The van der Waals surface area contributed by atoms with E-state index in [0.29, 0.717) is 19.0 Å². The lowest BCUT2D eigenvalue weighted by atomic mass is 10.1. The first kappa shape index (κ1) is 14.1. The zero-order chi connectivity index (χ0) is 14.7. The summed E-state index contributed by atoms with van der Waals surface area (Å²) in [5.74, 6) is -1.23. The Balaban J connectivity index is 2.23. The number of carbonyl (C=O) groups is 2. The average molecular weight is 281 g/mol. The number of nitrogens with one attached hydrogen (secondary N) is 1. The highest BCUT2D eigenvalue weighted by Gasteiger charge is 2.28. The van der Waals surface area contributed by atoms with Gasteiger partial charge in [0.1, 0.15) is 13.2 Å². The molecule has 108 valence electrons. The molecule has 2 unspecified atom stereocenters. The molecule has 2 rings (SSSR count). The van der Waals surface area contributed by atoms with Gasteiger partial charge < -0.3 is 25.0 Å². The zero-order valence-corrected chi connectivity index (χ0v) is 10.8. The molecule has 0 bridgehead atoms. The molecular formula is C13H15NO6. The normalized spacial score (nSPS) is 16.1. The van der Waals surface area contributed by atoms with Gasteiger partial charge in [0, 0.05) is 0 Å². The Morgan fingerprint density at radius 2 is 2.00 bits per heavy atom. The van der Waals surface area contributed by atoms with Crippen LogP contribution in [-0.4, -0.2) is 47.4 Å². The van der Waals surface area contributed by atoms with Crippen LogP contribution in [0.1, 0.15) is 17.3 Å². The van der Waals surface area contributed by atoms with Crippen molar-refractivity contribution in [3.63, 3.8) is 0 Å². The van der Waals surface area contributed by atoms with Crippen LogP contribution in [0.15, 0.2) is 18.2 Å². The highest BCUT2D eigenvalue weighted by Crippen LogP contribution is 2.33. The Morgan fingerprint density at radius 1 is 1.30 bits per heavy atom. The number of carbonyl (C=O) groups excluding carboxylic acids is 1. The predicted octanol–water partition coefficient (Wildman–Crippen LogP) is 0.0216. The van der Waals surface area contributed by atoms with Crippen molar-refractivity contribution in [3.05, 3.63) is 23.8 Å². The summed E-state index contributed by atoms with van der Waals surface area (Å²) in [6.07, 6.45) is -1.21. The first-order chi connectivity index (χ1) is 9.50. The lowest BCUT2D eigenvalue weighted by Gasteiger charge is -2.22. The SMILES string of the molecule is CC(O)C(NC(=O)c1cccc2c1OCCO2)C(=O)O. The number of hydrogen-bond donors (Lipinski definition) is 3. The summed E-state index contributed by atoms with van der Waals surface area (Å²) in [4.78, 5) is 23.1. The molecule has 1 aliphatic heterocycles. The summed E-state index contributed by atoms with van der Waals surface area (Å²) >= 11 is 0. The summed E-state index contributed by atoms with van der Waals surface area (Å²) in [5.41, 5.74) is 0.175. The summed E-state index contributed by atoms with van der Waals surface area (Å²) in [7, 11) is 0. The minimum absolute atomic E-state index is 0.175. The third-order valence-electron chi connectivity index (χ3n) is 2.85. The van der Waals surface area contributed by atoms with Crippen molar-refractivity contribution in [3.8, 4) is 11.5 Å². The maximum atomic E-state index is 12.1. The van der Waals surface area contributed by atoms with Gasteiger partial charge in [-0.1, -0.05) is 6.07 Å². The molecule has 0 radical (unpaired) electrons. The van der Waals surface area contributed by atoms with Crippen LogP contribution in [0, 0.1) is 0 Å². The van der Waals surface area contributed by atoms with Crippen LogP contribution in [0.2, 0.25) is 0 Å². The third kappa shape index (κ3) is 2.83. The molecule has 0 aromatic heterocycles. The number of ether oxygens (including phenoxy) is 2. The number of hydrogen-bond acceptors (Lipinski definition) is 5. The number of benzene rings is 1. The molecule has 0 spiro atoms. The van der Waals surface area contributed by atoms with Crippen LogP contribution >= 0.6 is 0 Å². The molecule has 0 saturated heterocycles. The number of aliphatic hydroxyl groups excluding tert-OH is 1. The van der Waals surface area contributed by atoms with Crippen LogP contribution in [0.5, 0.6) is 11.5 Å². The fraction of sp³-hybridized carbons (Fsp3) is 0.385. The van der Waals surface area contributed by atoms with Gasteiger partial charge in [-0.15, -0.1) is 0 Å². The van der Waals surface area contributed by atoms with E-state index >= 15 is 0 Å². The molecule has 1 aliphatic rings. The second-order valence-electron chi connectivity index (χ2n) is 4.36. The molecule has 1 heterocycles. The Hall–Kier alpha value is -2.28. The molecule has 1 aromatic carbocycles. The zero-order valence-electron chi connectivity index (χ0n) is 10.8. The number of aliphatic hydroxyl groups is 1. The van der Waals surface area contributed by atoms with Gasteiger partial charge in [0.2, 0.25) is 0 Å². The van der Waals surface area contributed by atoms with Gasteiger partial charge in [-0.25, -0.2) is 4.79 Å². The van der Waals surface area contributed by atoms with Gasteiger partial charge in [0.25, 0.3) is 5.91 Å². The van der Waals surface area contributed by atoms with E-state index in [4.69, 9.17) is 14.6 Å². The summed E-state index contributed by atoms with van der Waals surface area (Å²) in [6, 6.07) is 3.39. The predicted molar refractivity (Wildman–Crippen MR) is 68.0 cm³/mol. The quantitative estimate of drug-likeness (QED) is 0.718. The van der Waals surface area contributed by atoms with E-state index in [0.717, 1.165) is 0 Å². The number of para-hydroxylation sites is 1. The first-order valence-corrected chi connectivity index (χ1v) is 6.11. The Morgan fingerprint density at radius 3 is 2.65 bits per heavy atom. The average Bonchev–Trinajstić information content (AvgIpc) is 2.43. The molecule has 7 nitrogen and oxygen atoms in total. The lowest BCUT2D eigenvalue weighted by Crippen LogP contribution is -2.47. The monoisotopic (exact) mass is 281 g/mol. The van der Waals surface area contributed by atoms with Gasteiger partial charge in [-0.3, -0.25) is 4.79 Å². The van der Waals surface area contributed by atoms with Crippen molar-refractivity contribution in [1.82, 2.24) is 5.32 Å². The largest absolute Gasteiger partial charge is 0.486 e. The van der Waals surface area contributed by atoms with Crippen LogP contribution in [-0.2, 0) is 4.79 Å². The maximum Gasteiger partial charge on any atom is 0.328 e. The maximum absolute atomic E-state index is 12.1. The Labute approximate surface area is 115 Å². The Bertz CT molecular complexity index is 528. The van der Waals surface area contributed by atoms with Crippen molar-refractivity contribution in [1.29, 1.82) is 0 Å². The number of amides is 1. The minimum atomic E-state index is -1.39. The van der Waals surface area contributed by atoms with Crippen molar-refractivity contribution in [2.24, 2.45) is 0 Å². The van der Waals surface area contributed by atoms with Gasteiger partial charge in [-0.05, 0) is 19.1 Å². The number of fused-ring (bicyclic) bond motifs is 1. The molecule has 7 heteroatoms. The number of aliphatic carboxylic acids is 1. The number of carboxylic acid groups (broad SMARTS) is 1. The molecule has 1 aromatic rings. The lowest BCUT2D eigenvalue weighted by molar-refractivity contribution is -0.141. The number of carboxylic acids is 1. The van der Waals surface area contributed by atoms with Gasteiger partial charge in [0.15, 0.2) is 17.5 Å². The second-order valence-corrected chi connectivity index (χ2v) is 4.36. The molecule has 20 heavy (non-hydrogen) atoms. The van der Waals surface area contributed by atoms with Gasteiger partial charge in [0.05, 0.1) is 11.7 Å². The minimum Gasteiger partial charge on any atom is -0.486 e. The topological polar surface area (TPSA) is 105 Å². The summed E-state index contributed by atoms with van der Waals surface area (Å²) < 4.78 is 10.7. The molecule has 0 fully saturated rings. The van der Waals surface area contributed by atoms with Gasteiger partial charge in [-0.2, -0.15) is 0 Å². The van der Waals surface area contributed by atoms with Crippen molar-refractivity contribution in [2.75, 3.05) is 13.2 Å². The highest BCUT2D eigenvalue weighted by atomic mass is 16.6. The van der Waals surface area contributed by atoms with E-state index in [-0.39, 0.29) is 11.3 Å². The highest BCUT2D eigenvalue weighted by molar-refractivity contribution is 5.99. The van der Waals surface area contributed by atoms with E-state index in [2.05, 4.69) is 5.32 Å². The van der Waals surface area contributed by atoms with Crippen molar-refractivity contribution >= 4 is 11.9 Å². The first-order valence-electron chi connectivity index (χ1n) is 6.11. The van der Waals surface area contributed by atoms with Crippen LogP contribution in [0.25, 0.3) is 0 Å². The summed E-state index contributed by atoms with van der Waals surface area (Å²) in [6.45, 7) is 2.00.